The summed E-state index contributed by atoms with van der Waals surface area (Å²) in [6.07, 6.45) is 5.37. The molecule has 4 heteroatoms. The summed E-state index contributed by atoms with van der Waals surface area (Å²) in [5.41, 5.74) is 1.73. The molecule has 0 saturated carbocycles. The average Bonchev–Trinajstić information content (AvgIpc) is 3.13. The van der Waals surface area contributed by atoms with Crippen LogP contribution in [-0.2, 0) is 0 Å². The van der Waals surface area contributed by atoms with Gasteiger partial charge in [-0.05, 0) is 5.92 Å². The normalized spacial score (nSPS) is 17.0. The molecule has 2 aromatic carbocycles. The van der Waals surface area contributed by atoms with Crippen LogP contribution in [0, 0.1) is 11.3 Å². The molecule has 0 amide bonds. The molecule has 150 valence electrons. The van der Waals surface area contributed by atoms with Crippen LogP contribution >= 0.6 is 0 Å². The van der Waals surface area contributed by atoms with E-state index in [0.717, 1.165) is 0 Å². The second-order valence-electron chi connectivity index (χ2n) is 8.32. The van der Waals surface area contributed by atoms with Crippen molar-refractivity contribution in [1.29, 1.82) is 0 Å². The van der Waals surface area contributed by atoms with E-state index in [1.807, 2.05) is 32.9 Å². The van der Waals surface area contributed by atoms with Crippen molar-refractivity contribution < 1.29 is 19.5 Å². The standard InChI is InChI=1S/C26H22O4/c1-15(14-20-22(27)16-8-4-5-9-17(16)23(20)28)12-13-26(2,3)21-24(29)18-10-6-7-11-19(18)25(21)30/h4-15,29H,1-3H3. The van der Waals surface area contributed by atoms with Crippen molar-refractivity contribution in [2.24, 2.45) is 11.3 Å². The topological polar surface area (TPSA) is 71.4 Å². The van der Waals surface area contributed by atoms with Gasteiger partial charge in [-0.15, -0.1) is 0 Å². The van der Waals surface area contributed by atoms with E-state index in [1.54, 1.807) is 54.6 Å². The van der Waals surface area contributed by atoms with Crippen LogP contribution in [0.25, 0.3) is 5.76 Å². The van der Waals surface area contributed by atoms with Gasteiger partial charge in [-0.2, -0.15) is 0 Å². The number of rotatable bonds is 4. The SMILES string of the molecule is CC(C=CC(C)(C)C1=C(O)c2ccccc2C1=O)C=C1C(=O)c2ccccc2C1=O. The minimum Gasteiger partial charge on any atom is -0.507 e. The smallest absolute Gasteiger partial charge is 0.197 e. The van der Waals surface area contributed by atoms with Gasteiger partial charge in [0.1, 0.15) is 5.76 Å². The van der Waals surface area contributed by atoms with E-state index in [0.29, 0.717) is 27.8 Å². The summed E-state index contributed by atoms with van der Waals surface area (Å²) in [6, 6.07) is 13.8. The molecule has 30 heavy (non-hydrogen) atoms. The highest BCUT2D eigenvalue weighted by atomic mass is 16.3. The Hall–Kier alpha value is -3.53. The van der Waals surface area contributed by atoms with Crippen molar-refractivity contribution in [2.75, 3.05) is 0 Å². The number of carbonyl (C=O) groups is 3. The summed E-state index contributed by atoms with van der Waals surface area (Å²) >= 11 is 0. The third kappa shape index (κ3) is 3.05. The van der Waals surface area contributed by atoms with Gasteiger partial charge in [-0.1, -0.05) is 87.5 Å². The van der Waals surface area contributed by atoms with Crippen LogP contribution in [0.3, 0.4) is 0 Å². The summed E-state index contributed by atoms with van der Waals surface area (Å²) in [5, 5.41) is 10.6. The molecule has 0 fully saturated rings. The minimum absolute atomic E-state index is 0.00727. The number of allylic oxidation sites excluding steroid dienone is 5. The fourth-order valence-corrected chi connectivity index (χ4v) is 4.08. The lowest BCUT2D eigenvalue weighted by molar-refractivity contribution is 0.0984. The molecule has 1 N–H and O–H groups in total. The highest BCUT2D eigenvalue weighted by Crippen LogP contribution is 2.41. The van der Waals surface area contributed by atoms with Gasteiger partial charge in [-0.3, -0.25) is 14.4 Å². The summed E-state index contributed by atoms with van der Waals surface area (Å²) in [4.78, 5) is 38.0. The number of hydrogen-bond donors (Lipinski definition) is 1. The summed E-state index contributed by atoms with van der Waals surface area (Å²) in [5.74, 6) is -0.884. The Morgan fingerprint density at radius 1 is 0.800 bits per heavy atom. The van der Waals surface area contributed by atoms with E-state index in [9.17, 15) is 19.5 Å². The Balaban J connectivity index is 1.59. The Kier molecular flexibility index (Phi) is 4.65. The first kappa shape index (κ1) is 19.8. The maximum Gasteiger partial charge on any atom is 0.197 e. The molecule has 2 aliphatic carbocycles. The number of hydrogen-bond acceptors (Lipinski definition) is 4. The van der Waals surface area contributed by atoms with Crippen LogP contribution in [0.4, 0.5) is 0 Å². The first-order valence-electron chi connectivity index (χ1n) is 9.90. The van der Waals surface area contributed by atoms with Crippen molar-refractivity contribution >= 4 is 23.1 Å². The lowest BCUT2D eigenvalue weighted by atomic mass is 9.81. The van der Waals surface area contributed by atoms with Crippen molar-refractivity contribution in [3.63, 3.8) is 0 Å². The zero-order chi connectivity index (χ0) is 21.6. The van der Waals surface area contributed by atoms with Crippen molar-refractivity contribution in [2.45, 2.75) is 20.8 Å². The van der Waals surface area contributed by atoms with Gasteiger partial charge in [0.15, 0.2) is 17.3 Å². The van der Waals surface area contributed by atoms with Gasteiger partial charge < -0.3 is 5.11 Å². The second-order valence-corrected chi connectivity index (χ2v) is 8.32. The van der Waals surface area contributed by atoms with Crippen LogP contribution in [0.2, 0.25) is 0 Å². The summed E-state index contributed by atoms with van der Waals surface area (Å²) in [6.45, 7) is 5.60. The van der Waals surface area contributed by atoms with Crippen molar-refractivity contribution in [3.05, 3.63) is 100 Å². The van der Waals surface area contributed by atoms with E-state index in [2.05, 4.69) is 0 Å². The van der Waals surface area contributed by atoms with Gasteiger partial charge in [-0.25, -0.2) is 0 Å². The monoisotopic (exact) mass is 398 g/mol. The van der Waals surface area contributed by atoms with Gasteiger partial charge in [0.05, 0.1) is 11.1 Å². The van der Waals surface area contributed by atoms with Crippen LogP contribution in [0.15, 0.2) is 77.9 Å². The van der Waals surface area contributed by atoms with E-state index in [-0.39, 0.29) is 34.6 Å². The molecule has 1 unspecified atom stereocenters. The quantitative estimate of drug-likeness (QED) is 0.427. The van der Waals surface area contributed by atoms with E-state index in [1.165, 1.54) is 0 Å². The molecular weight excluding hydrogens is 376 g/mol. The molecule has 0 aliphatic heterocycles. The fourth-order valence-electron chi connectivity index (χ4n) is 4.08. The highest BCUT2D eigenvalue weighted by Gasteiger charge is 2.38. The van der Waals surface area contributed by atoms with E-state index in [4.69, 9.17) is 0 Å². The predicted molar refractivity (Wildman–Crippen MR) is 116 cm³/mol. The number of ketones is 3. The molecular formula is C26H22O4. The maximum absolute atomic E-state index is 12.8. The van der Waals surface area contributed by atoms with E-state index >= 15 is 0 Å². The summed E-state index contributed by atoms with van der Waals surface area (Å²) in [7, 11) is 0. The number of aliphatic hydroxyl groups is 1. The van der Waals surface area contributed by atoms with Crippen molar-refractivity contribution in [1.82, 2.24) is 0 Å². The number of benzene rings is 2. The first-order valence-corrected chi connectivity index (χ1v) is 9.90. The predicted octanol–water partition coefficient (Wildman–Crippen LogP) is 5.38. The van der Waals surface area contributed by atoms with Crippen LogP contribution < -0.4 is 0 Å². The maximum atomic E-state index is 12.8. The molecule has 0 spiro atoms. The third-order valence-corrected chi connectivity index (χ3v) is 5.69. The molecule has 0 aromatic heterocycles. The first-order chi connectivity index (χ1) is 14.2. The van der Waals surface area contributed by atoms with Gasteiger partial charge in [0.2, 0.25) is 0 Å². The average molecular weight is 398 g/mol. The molecule has 4 nitrogen and oxygen atoms in total. The molecule has 0 heterocycles. The second kappa shape index (κ2) is 7.06. The summed E-state index contributed by atoms with van der Waals surface area (Å²) < 4.78 is 0. The number of Topliss-reactive ketones (excluding diaryl/α,β-unsaturated/α-hetero) is 3. The number of fused-ring (bicyclic) bond motifs is 2. The van der Waals surface area contributed by atoms with Crippen LogP contribution in [0.1, 0.15) is 57.4 Å². The Morgan fingerprint density at radius 3 is 1.77 bits per heavy atom. The number of aliphatic hydroxyl groups excluding tert-OH is 1. The van der Waals surface area contributed by atoms with Gasteiger partial charge in [0.25, 0.3) is 0 Å². The number of carbonyl (C=O) groups excluding carboxylic acids is 3. The Morgan fingerprint density at radius 2 is 1.27 bits per heavy atom. The lowest BCUT2D eigenvalue weighted by Crippen LogP contribution is -2.18. The zero-order valence-corrected chi connectivity index (χ0v) is 17.1. The minimum atomic E-state index is -0.723. The fraction of sp³-hybridized carbons (Fsp3) is 0.192. The van der Waals surface area contributed by atoms with Gasteiger partial charge in [0, 0.05) is 27.7 Å². The molecule has 2 aromatic rings. The highest BCUT2D eigenvalue weighted by molar-refractivity contribution is 6.39. The Bertz CT molecular complexity index is 1150. The molecule has 0 saturated heterocycles. The molecule has 2 aliphatic rings. The lowest BCUT2D eigenvalue weighted by Gasteiger charge is -2.22. The Labute approximate surface area is 175 Å². The molecule has 0 radical (unpaired) electrons. The van der Waals surface area contributed by atoms with Crippen LogP contribution in [-0.4, -0.2) is 22.5 Å². The van der Waals surface area contributed by atoms with Gasteiger partial charge >= 0.3 is 0 Å². The molecule has 1 atom stereocenters. The third-order valence-electron chi connectivity index (χ3n) is 5.69. The molecule has 0 bridgehead atoms. The van der Waals surface area contributed by atoms with E-state index < -0.39 is 5.41 Å². The molecule has 4 rings (SSSR count). The zero-order valence-electron chi connectivity index (χ0n) is 17.1. The largest absolute Gasteiger partial charge is 0.507 e. The van der Waals surface area contributed by atoms with Crippen LogP contribution in [0.5, 0.6) is 0 Å². The van der Waals surface area contributed by atoms with Crippen molar-refractivity contribution in [3.8, 4) is 0 Å².